The zero-order chi connectivity index (χ0) is 12.4. The van der Waals surface area contributed by atoms with Gasteiger partial charge in [0, 0.05) is 6.92 Å². The van der Waals surface area contributed by atoms with Crippen LogP contribution in [0.4, 0.5) is 6.01 Å². The van der Waals surface area contributed by atoms with Gasteiger partial charge in [-0.3, -0.25) is 10.1 Å². The molecule has 5 nitrogen and oxygen atoms in total. The lowest BCUT2D eigenvalue weighted by molar-refractivity contribution is -0.114. The summed E-state index contributed by atoms with van der Waals surface area (Å²) in [4.78, 5) is 10.8. The van der Waals surface area contributed by atoms with Gasteiger partial charge in [0.2, 0.25) is 5.91 Å². The molecule has 0 bridgehead atoms. The molecule has 0 spiro atoms. The van der Waals surface area contributed by atoms with E-state index in [1.807, 2.05) is 0 Å². The first-order valence-electron chi connectivity index (χ1n) is 4.63. The Morgan fingerprint density at radius 3 is 2.82 bits per heavy atom. The van der Waals surface area contributed by atoms with Crippen LogP contribution in [0.15, 0.2) is 22.6 Å². The average Bonchev–Trinajstić information content (AvgIpc) is 2.69. The summed E-state index contributed by atoms with van der Waals surface area (Å²) in [7, 11) is 0. The minimum atomic E-state index is -0.294. The van der Waals surface area contributed by atoms with Crippen molar-refractivity contribution in [2.45, 2.75) is 6.92 Å². The van der Waals surface area contributed by atoms with Crippen LogP contribution < -0.4 is 5.32 Å². The molecule has 0 saturated heterocycles. The van der Waals surface area contributed by atoms with Gasteiger partial charge in [0.15, 0.2) is 0 Å². The Hall–Kier alpha value is -1.59. The maximum Gasteiger partial charge on any atom is 0.322 e. The van der Waals surface area contributed by atoms with Gasteiger partial charge in [-0.1, -0.05) is 34.4 Å². The standard InChI is InChI=1S/C10H7Cl2N3O2/c1-5(16)13-10-15-14-9(17-10)6-3-2-4-7(11)8(6)12/h2-4H,1H3,(H,13,15,16). The molecule has 1 aromatic carbocycles. The zero-order valence-corrected chi connectivity index (χ0v) is 10.2. The lowest BCUT2D eigenvalue weighted by Crippen LogP contribution is -2.05. The molecule has 2 aromatic rings. The van der Waals surface area contributed by atoms with Gasteiger partial charge < -0.3 is 4.42 Å². The fourth-order valence-electron chi connectivity index (χ4n) is 1.20. The highest BCUT2D eigenvalue weighted by Crippen LogP contribution is 2.32. The van der Waals surface area contributed by atoms with Crippen LogP contribution in [-0.2, 0) is 4.79 Å². The van der Waals surface area contributed by atoms with Gasteiger partial charge in [-0.25, -0.2) is 0 Å². The molecular weight excluding hydrogens is 265 g/mol. The summed E-state index contributed by atoms with van der Waals surface area (Å²) < 4.78 is 5.22. The molecule has 0 radical (unpaired) electrons. The second-order valence-corrected chi connectivity index (χ2v) is 3.98. The Morgan fingerprint density at radius 2 is 2.12 bits per heavy atom. The Bertz CT molecular complexity index is 568. The van der Waals surface area contributed by atoms with Crippen molar-refractivity contribution in [1.82, 2.24) is 10.2 Å². The fourth-order valence-corrected chi connectivity index (χ4v) is 1.58. The molecule has 0 aliphatic heterocycles. The van der Waals surface area contributed by atoms with Crippen LogP contribution >= 0.6 is 23.2 Å². The van der Waals surface area contributed by atoms with Crippen LogP contribution in [0.2, 0.25) is 10.0 Å². The summed E-state index contributed by atoms with van der Waals surface area (Å²) >= 11 is 11.9. The summed E-state index contributed by atoms with van der Waals surface area (Å²) in [6, 6.07) is 5.08. The van der Waals surface area contributed by atoms with E-state index >= 15 is 0 Å². The number of rotatable bonds is 2. The van der Waals surface area contributed by atoms with Crippen molar-refractivity contribution in [3.05, 3.63) is 28.2 Å². The van der Waals surface area contributed by atoms with E-state index in [1.165, 1.54) is 6.92 Å². The summed E-state index contributed by atoms with van der Waals surface area (Å²) in [6.45, 7) is 1.34. The third-order valence-electron chi connectivity index (χ3n) is 1.89. The number of nitrogens with zero attached hydrogens (tertiary/aromatic N) is 2. The number of carbonyl (C=O) groups excluding carboxylic acids is 1. The minimum absolute atomic E-state index is 0.0172. The van der Waals surface area contributed by atoms with Gasteiger partial charge >= 0.3 is 6.01 Å². The Morgan fingerprint density at radius 1 is 1.35 bits per heavy atom. The summed E-state index contributed by atoms with van der Waals surface area (Å²) in [5.41, 5.74) is 0.517. The van der Waals surface area contributed by atoms with E-state index in [2.05, 4.69) is 15.5 Å². The van der Waals surface area contributed by atoms with Crippen LogP contribution in [0.1, 0.15) is 6.92 Å². The van der Waals surface area contributed by atoms with Crippen LogP contribution in [0.25, 0.3) is 11.5 Å². The molecule has 0 unspecified atom stereocenters. The van der Waals surface area contributed by atoms with Gasteiger partial charge in [-0.05, 0) is 12.1 Å². The van der Waals surface area contributed by atoms with Crippen molar-refractivity contribution in [2.24, 2.45) is 0 Å². The van der Waals surface area contributed by atoms with Gasteiger partial charge in [0.25, 0.3) is 5.89 Å². The molecule has 0 fully saturated rings. The molecule has 7 heteroatoms. The maximum atomic E-state index is 10.8. The fraction of sp³-hybridized carbons (Fsp3) is 0.100. The van der Waals surface area contributed by atoms with Gasteiger partial charge in [-0.15, -0.1) is 5.10 Å². The number of hydrogen-bond acceptors (Lipinski definition) is 4. The zero-order valence-electron chi connectivity index (χ0n) is 8.70. The number of hydrogen-bond donors (Lipinski definition) is 1. The molecule has 0 atom stereocenters. The molecule has 0 aliphatic rings. The maximum absolute atomic E-state index is 10.8. The summed E-state index contributed by atoms with van der Waals surface area (Å²) in [5.74, 6) is -0.0985. The number of halogens is 2. The van der Waals surface area contributed by atoms with E-state index in [1.54, 1.807) is 18.2 Å². The quantitative estimate of drug-likeness (QED) is 0.912. The van der Waals surface area contributed by atoms with Gasteiger partial charge in [-0.2, -0.15) is 0 Å². The molecule has 2 rings (SSSR count). The molecular formula is C10H7Cl2N3O2. The van der Waals surface area contributed by atoms with Gasteiger partial charge in [0.1, 0.15) is 0 Å². The van der Waals surface area contributed by atoms with Crippen LogP contribution in [-0.4, -0.2) is 16.1 Å². The van der Waals surface area contributed by atoms with E-state index in [-0.39, 0.29) is 17.8 Å². The van der Waals surface area contributed by atoms with Crippen LogP contribution in [0, 0.1) is 0 Å². The van der Waals surface area contributed by atoms with Crippen LogP contribution in [0.3, 0.4) is 0 Å². The highest BCUT2D eigenvalue weighted by atomic mass is 35.5. The van der Waals surface area contributed by atoms with Crippen molar-refractivity contribution in [2.75, 3.05) is 5.32 Å². The van der Waals surface area contributed by atoms with Crippen molar-refractivity contribution >= 4 is 35.1 Å². The second-order valence-electron chi connectivity index (χ2n) is 3.19. The lowest BCUT2D eigenvalue weighted by atomic mass is 10.2. The summed E-state index contributed by atoms with van der Waals surface area (Å²) in [6.07, 6.45) is 0. The molecule has 1 N–H and O–H groups in total. The molecule has 0 aliphatic carbocycles. The first-order valence-corrected chi connectivity index (χ1v) is 5.39. The average molecular weight is 272 g/mol. The smallest absolute Gasteiger partial charge is 0.322 e. The minimum Gasteiger partial charge on any atom is -0.403 e. The normalized spacial score (nSPS) is 10.3. The Labute approximate surface area is 107 Å². The highest BCUT2D eigenvalue weighted by molar-refractivity contribution is 6.43. The number of amides is 1. The van der Waals surface area contributed by atoms with Crippen molar-refractivity contribution in [3.63, 3.8) is 0 Å². The predicted octanol–water partition coefficient (Wildman–Crippen LogP) is 3.00. The third-order valence-corrected chi connectivity index (χ3v) is 2.71. The SMILES string of the molecule is CC(=O)Nc1nnc(-c2cccc(Cl)c2Cl)o1. The van der Waals surface area contributed by atoms with E-state index in [9.17, 15) is 4.79 Å². The highest BCUT2D eigenvalue weighted by Gasteiger charge is 2.14. The Kier molecular flexibility index (Phi) is 3.31. The molecule has 0 saturated carbocycles. The van der Waals surface area contributed by atoms with Crippen molar-refractivity contribution < 1.29 is 9.21 Å². The number of carbonyl (C=O) groups is 1. The van der Waals surface area contributed by atoms with Gasteiger partial charge in [0.05, 0.1) is 15.6 Å². The molecule has 1 heterocycles. The number of benzene rings is 1. The van der Waals surface area contributed by atoms with Crippen molar-refractivity contribution in [3.8, 4) is 11.5 Å². The predicted molar refractivity (Wildman–Crippen MR) is 64.1 cm³/mol. The number of anilines is 1. The van der Waals surface area contributed by atoms with E-state index in [4.69, 9.17) is 27.6 Å². The summed E-state index contributed by atoms with van der Waals surface area (Å²) in [5, 5.41) is 10.5. The molecule has 88 valence electrons. The van der Waals surface area contributed by atoms with E-state index in [0.717, 1.165) is 0 Å². The largest absolute Gasteiger partial charge is 0.403 e. The monoisotopic (exact) mass is 271 g/mol. The van der Waals surface area contributed by atoms with E-state index in [0.29, 0.717) is 15.6 Å². The van der Waals surface area contributed by atoms with E-state index < -0.39 is 0 Å². The second kappa shape index (κ2) is 4.73. The topological polar surface area (TPSA) is 68.0 Å². The Balaban J connectivity index is 2.37. The first-order chi connectivity index (χ1) is 8.08. The molecule has 17 heavy (non-hydrogen) atoms. The molecule has 1 aromatic heterocycles. The van der Waals surface area contributed by atoms with Crippen LogP contribution in [0.5, 0.6) is 0 Å². The number of nitrogens with one attached hydrogen (secondary N) is 1. The molecule has 1 amide bonds. The number of aromatic nitrogens is 2. The lowest BCUT2D eigenvalue weighted by Gasteiger charge is -2.00. The van der Waals surface area contributed by atoms with Crippen molar-refractivity contribution in [1.29, 1.82) is 0 Å². The first kappa shape index (κ1) is 11.9. The third kappa shape index (κ3) is 2.57.